The van der Waals surface area contributed by atoms with Gasteiger partial charge < -0.3 is 9.90 Å². The molecule has 0 heterocycles. The zero-order chi connectivity index (χ0) is 14.0. The first-order valence-corrected chi connectivity index (χ1v) is 5.46. The highest BCUT2D eigenvalue weighted by Gasteiger charge is 1.99. The van der Waals surface area contributed by atoms with Crippen LogP contribution in [0.5, 0.6) is 0 Å². The van der Waals surface area contributed by atoms with Gasteiger partial charge in [-0.25, -0.2) is 8.42 Å². The van der Waals surface area contributed by atoms with E-state index >= 15 is 0 Å². The molecule has 0 unspecified atom stereocenters. The monoisotopic (exact) mass is 269 g/mol. The van der Waals surface area contributed by atoms with Crippen LogP contribution in [0.3, 0.4) is 0 Å². The molecule has 0 amide bonds. The maximum Gasteiger partial charge on any atom is 0.321 e. The van der Waals surface area contributed by atoms with Crippen LogP contribution in [0, 0.1) is 0 Å². The fourth-order valence-corrected chi connectivity index (χ4v) is 0.900. The molecule has 0 fully saturated rings. The zero-order valence-corrected chi connectivity index (χ0v) is 9.43. The second-order valence-electron chi connectivity index (χ2n) is 2.44. The molecule has 10 nitrogen and oxygen atoms in total. The number of aromatic carboxylic acids is 1. The lowest BCUT2D eigenvalue weighted by atomic mass is 10.2. The lowest BCUT2D eigenvalue weighted by molar-refractivity contribution is -0.255. The van der Waals surface area contributed by atoms with E-state index in [2.05, 4.69) is 9.04 Å². The molecule has 18 heavy (non-hydrogen) atoms. The van der Waals surface area contributed by atoms with E-state index in [1.807, 2.05) is 9.82 Å². The topological polar surface area (TPSA) is 172 Å². The summed E-state index contributed by atoms with van der Waals surface area (Å²) in [6, 6.07) is 8.06. The van der Waals surface area contributed by atoms with Crippen LogP contribution in [0.1, 0.15) is 10.4 Å². The molecule has 0 radical (unpaired) electrons. The Morgan fingerprint density at radius 1 is 1.11 bits per heavy atom. The minimum Gasteiger partial charge on any atom is -0.545 e. The predicted octanol–water partition coefficient (Wildman–Crippen LogP) is 0.902. The minimum absolute atomic E-state index is 0.220. The lowest BCUT2D eigenvalue weighted by Crippen LogP contribution is -2.21. The Morgan fingerprint density at radius 2 is 1.56 bits per heavy atom. The van der Waals surface area contributed by atoms with Crippen LogP contribution >= 0.6 is 0 Å². The molecule has 0 atom stereocenters. The van der Waals surface area contributed by atoms with Crippen molar-refractivity contribution in [3.63, 3.8) is 0 Å². The molecule has 0 saturated heterocycles. The Bertz CT molecular complexity index is 576. The smallest absolute Gasteiger partial charge is 0.321 e. The third-order valence-electron chi connectivity index (χ3n) is 1.29. The van der Waals surface area contributed by atoms with Crippen molar-refractivity contribution in [2.45, 2.75) is 0 Å². The standard InChI is InChI=1S/C7H6O2.N6O2S/c8-7(9)6-4-2-1-3-5-6;1-3-5-9(7,8)6-4-2/h1-5H,(H,8,9);/p-1. The Morgan fingerprint density at radius 3 is 1.83 bits per heavy atom. The van der Waals surface area contributed by atoms with Crippen LogP contribution in [0.15, 0.2) is 39.4 Å². The maximum atomic E-state index is 10.1. The van der Waals surface area contributed by atoms with Crippen molar-refractivity contribution in [1.29, 1.82) is 0 Å². The zero-order valence-electron chi connectivity index (χ0n) is 8.61. The number of nitrogens with zero attached hydrogens (tertiary/aromatic N) is 6. The summed E-state index contributed by atoms with van der Waals surface area (Å²) >= 11 is 0. The van der Waals surface area contributed by atoms with E-state index in [1.165, 1.54) is 12.1 Å². The van der Waals surface area contributed by atoms with Crippen molar-refractivity contribution in [1.82, 2.24) is 0 Å². The first-order valence-electron chi connectivity index (χ1n) is 4.07. The summed E-state index contributed by atoms with van der Waals surface area (Å²) in [5, 5.41) is 10.1. The number of rotatable bonds is 3. The number of carboxylic acid groups (broad SMARTS) is 1. The molecule has 1 rings (SSSR count). The number of hydrogen-bond donors (Lipinski definition) is 0. The molecule has 1 aromatic rings. The summed E-state index contributed by atoms with van der Waals surface area (Å²) in [4.78, 5) is 13.9. The van der Waals surface area contributed by atoms with E-state index in [0.29, 0.717) is 0 Å². The normalized spacial score (nSPS) is 8.89. The van der Waals surface area contributed by atoms with Crippen LogP contribution in [0.2, 0.25) is 0 Å². The highest BCUT2D eigenvalue weighted by Crippen LogP contribution is 1.94. The van der Waals surface area contributed by atoms with Gasteiger partial charge in [0.2, 0.25) is 0 Å². The highest BCUT2D eigenvalue weighted by atomic mass is 32.2. The number of carbonyl (C=O) groups is 1. The van der Waals surface area contributed by atoms with E-state index in [4.69, 9.17) is 11.1 Å². The lowest BCUT2D eigenvalue weighted by Gasteiger charge is -1.97. The molecule has 0 spiro atoms. The predicted molar refractivity (Wildman–Crippen MR) is 58.0 cm³/mol. The van der Waals surface area contributed by atoms with Crippen molar-refractivity contribution in [2.75, 3.05) is 0 Å². The fraction of sp³-hybridized carbons (Fsp3) is 0. The molecule has 11 heteroatoms. The minimum atomic E-state index is -4.27. The average molecular weight is 269 g/mol. The molecular formula is C7H5N6O4S-. The largest absolute Gasteiger partial charge is 0.545 e. The van der Waals surface area contributed by atoms with E-state index in [0.717, 1.165) is 0 Å². The van der Waals surface area contributed by atoms with E-state index in [-0.39, 0.29) is 5.56 Å². The van der Waals surface area contributed by atoms with Gasteiger partial charge in [-0.05, 0) is 16.6 Å². The maximum absolute atomic E-state index is 10.1. The summed E-state index contributed by atoms with van der Waals surface area (Å²) in [6.07, 6.45) is 0. The third-order valence-corrected chi connectivity index (χ3v) is 1.85. The quantitative estimate of drug-likeness (QED) is 0.450. The van der Waals surface area contributed by atoms with Gasteiger partial charge >= 0.3 is 10.2 Å². The van der Waals surface area contributed by atoms with Gasteiger partial charge in [-0.1, -0.05) is 30.3 Å². The summed E-state index contributed by atoms with van der Waals surface area (Å²) in [7, 11) is -4.27. The van der Waals surface area contributed by atoms with Gasteiger partial charge in [0.15, 0.2) is 0 Å². The van der Waals surface area contributed by atoms with Gasteiger partial charge in [-0.15, -0.1) is 0 Å². The van der Waals surface area contributed by atoms with Crippen molar-refractivity contribution in [3.05, 3.63) is 56.8 Å². The van der Waals surface area contributed by atoms with Crippen molar-refractivity contribution in [3.8, 4) is 0 Å². The van der Waals surface area contributed by atoms with Gasteiger partial charge in [0.1, 0.15) is 0 Å². The molecule has 0 aliphatic carbocycles. The van der Waals surface area contributed by atoms with Gasteiger partial charge in [-0.3, -0.25) is 0 Å². The van der Waals surface area contributed by atoms with Crippen molar-refractivity contribution < 1.29 is 18.3 Å². The molecule has 1 aromatic carbocycles. The number of hydrogen-bond acceptors (Lipinski definition) is 4. The Balaban J connectivity index is 0.000000321. The van der Waals surface area contributed by atoms with Gasteiger partial charge in [-0.2, -0.15) is 0 Å². The molecule has 0 aliphatic rings. The Kier molecular flexibility index (Phi) is 6.38. The second-order valence-corrected chi connectivity index (χ2v) is 3.67. The molecule has 0 aliphatic heterocycles. The number of carbonyl (C=O) groups excluding carboxylic acids is 1. The molecule has 94 valence electrons. The van der Waals surface area contributed by atoms with Gasteiger partial charge in [0.05, 0.1) is 5.97 Å². The first kappa shape index (κ1) is 15.3. The summed E-state index contributed by atoms with van der Waals surface area (Å²) in [5.41, 5.74) is 15.3. The van der Waals surface area contributed by atoms with Crippen molar-refractivity contribution in [2.24, 2.45) is 9.04 Å². The van der Waals surface area contributed by atoms with Crippen LogP contribution in [-0.4, -0.2) is 14.4 Å². The molecule has 0 aromatic heterocycles. The highest BCUT2D eigenvalue weighted by molar-refractivity contribution is 7.88. The molecule has 0 bridgehead atoms. The number of azide groups is 1. The van der Waals surface area contributed by atoms with Crippen LogP contribution in [0.25, 0.3) is 20.9 Å². The van der Waals surface area contributed by atoms with Crippen LogP contribution < -0.4 is 5.11 Å². The second kappa shape index (κ2) is 7.52. The number of benzene rings is 1. The van der Waals surface area contributed by atoms with E-state index in [9.17, 15) is 18.3 Å². The SMILES string of the molecule is O=C([O-])c1ccccc1.[N-]=[N+]=NS(=O)(=O)N=[N+]=[N-]. The Hall–Kier alpha value is -2.74. The van der Waals surface area contributed by atoms with Gasteiger partial charge in [0, 0.05) is 18.9 Å². The molecule has 0 saturated carbocycles. The first-order chi connectivity index (χ1) is 8.43. The summed E-state index contributed by atoms with van der Waals surface area (Å²) < 4.78 is 24.3. The third kappa shape index (κ3) is 6.69. The van der Waals surface area contributed by atoms with E-state index in [1.54, 1.807) is 18.2 Å². The molecular weight excluding hydrogens is 264 g/mol. The van der Waals surface area contributed by atoms with Crippen LogP contribution in [0.4, 0.5) is 0 Å². The van der Waals surface area contributed by atoms with Gasteiger partial charge in [0.25, 0.3) is 0 Å². The molecule has 0 N–H and O–H groups in total. The van der Waals surface area contributed by atoms with Crippen molar-refractivity contribution >= 4 is 16.2 Å². The Labute approximate surface area is 101 Å². The van der Waals surface area contributed by atoms with E-state index < -0.39 is 16.2 Å². The summed E-state index contributed by atoms with van der Waals surface area (Å²) in [5.74, 6) is -1.13. The fourth-order valence-electron chi connectivity index (χ4n) is 0.683. The summed E-state index contributed by atoms with van der Waals surface area (Å²) in [6.45, 7) is 0. The van der Waals surface area contributed by atoms with Crippen LogP contribution in [-0.2, 0) is 10.2 Å². The number of carboxylic acids is 1. The average Bonchev–Trinajstić information content (AvgIpc) is 2.30.